The van der Waals surface area contributed by atoms with Gasteiger partial charge >= 0.3 is 0 Å². The van der Waals surface area contributed by atoms with Crippen molar-refractivity contribution < 1.29 is 9.90 Å². The van der Waals surface area contributed by atoms with Gasteiger partial charge in [0.25, 0.3) is 0 Å². The maximum Gasteiger partial charge on any atom is 0.155 e. The lowest BCUT2D eigenvalue weighted by molar-refractivity contribution is -0.119. The zero-order valence-corrected chi connectivity index (χ0v) is 4.64. The van der Waals surface area contributed by atoms with Gasteiger partial charge in [0.2, 0.25) is 0 Å². The van der Waals surface area contributed by atoms with E-state index in [-0.39, 0.29) is 12.4 Å². The molecule has 7 heavy (non-hydrogen) atoms. The van der Waals surface area contributed by atoms with Gasteiger partial charge in [0.15, 0.2) is 5.78 Å². The van der Waals surface area contributed by atoms with Crippen molar-refractivity contribution >= 4 is 5.78 Å². The van der Waals surface area contributed by atoms with Crippen molar-refractivity contribution in [3.8, 4) is 0 Å². The number of carbonyl (C=O) groups excluding carboxylic acids is 1. The fraction of sp³-hybridized carbons (Fsp3) is 0.750. The predicted molar refractivity (Wildman–Crippen MR) is 27.9 cm³/mol. The fourth-order valence-corrected chi connectivity index (χ4v) is 0. The average molecular weight is 105 g/mol. The predicted octanol–water partition coefficient (Wildman–Crippen LogP) is -0.857. The van der Waals surface area contributed by atoms with Crippen molar-refractivity contribution in [3.05, 3.63) is 0 Å². The Morgan fingerprint density at radius 2 is 1.86 bits per heavy atom. The first-order chi connectivity index (χ1) is 3.27. The average Bonchev–Trinajstić information content (AvgIpc) is 1.73. The zero-order chi connectivity index (χ0) is 6.28. The zero-order valence-electron chi connectivity index (χ0n) is 4.64. The molecule has 0 heterocycles. The molecule has 0 amide bonds. The number of ketones is 1. The summed E-state index contributed by atoms with van der Waals surface area (Å²) in [5, 5.41) is 7.79. The molecule has 0 aliphatic heterocycles. The van der Waals surface area contributed by atoms with Crippen LogP contribution in [0, 0.1) is 0 Å². The van der Waals surface area contributed by atoms with Crippen LogP contribution < -0.4 is 5.73 Å². The first-order valence-corrected chi connectivity index (χ1v) is 1.95. The summed E-state index contributed by atoms with van der Waals surface area (Å²) in [5.41, 5.74) is 4.50. The fourth-order valence-electron chi connectivity index (χ4n) is 0. The number of nitrogens with two attached hydrogens (primary N) is 1. The highest BCUT2D eigenvalue weighted by molar-refractivity contribution is 5.76. The summed E-state index contributed by atoms with van der Waals surface area (Å²) in [4.78, 5) is 9.56. The normalized spacial score (nSPS) is 6.29. The van der Waals surface area contributed by atoms with Gasteiger partial charge in [-0.3, -0.25) is 4.79 Å². The van der Waals surface area contributed by atoms with Gasteiger partial charge in [-0.2, -0.15) is 0 Å². The lowest BCUT2D eigenvalue weighted by Crippen LogP contribution is -1.93. The van der Waals surface area contributed by atoms with Gasteiger partial charge in [0, 0.05) is 0 Å². The van der Waals surface area contributed by atoms with Gasteiger partial charge in [-0.05, 0) is 14.0 Å². The van der Waals surface area contributed by atoms with E-state index in [1.165, 1.54) is 14.0 Å². The third-order valence-corrected chi connectivity index (χ3v) is 0.223. The molecule has 0 radical (unpaired) electrons. The second-order valence-electron chi connectivity index (χ2n) is 0.860. The molecule has 0 saturated heterocycles. The van der Waals surface area contributed by atoms with E-state index < -0.39 is 0 Å². The first kappa shape index (κ1) is 9.77. The van der Waals surface area contributed by atoms with Crippen LogP contribution in [0.25, 0.3) is 0 Å². The third-order valence-electron chi connectivity index (χ3n) is 0.223. The molecule has 3 N–H and O–H groups in total. The molecule has 3 nitrogen and oxygen atoms in total. The molecule has 0 rings (SSSR count). The van der Waals surface area contributed by atoms with E-state index in [0.29, 0.717) is 0 Å². The van der Waals surface area contributed by atoms with Gasteiger partial charge in [0.05, 0.1) is 0 Å². The molecule has 44 valence electrons. The van der Waals surface area contributed by atoms with Gasteiger partial charge in [-0.25, -0.2) is 0 Å². The second kappa shape index (κ2) is 9.14. The molecule has 0 spiro atoms. The molecule has 0 aliphatic carbocycles. The van der Waals surface area contributed by atoms with E-state index >= 15 is 0 Å². The van der Waals surface area contributed by atoms with Gasteiger partial charge in [-0.15, -0.1) is 0 Å². The van der Waals surface area contributed by atoms with Crippen molar-refractivity contribution in [2.75, 3.05) is 13.7 Å². The number of carbonyl (C=O) groups is 1. The highest BCUT2D eigenvalue weighted by Gasteiger charge is 1.78. The third kappa shape index (κ3) is 28.5. The van der Waals surface area contributed by atoms with Crippen LogP contribution in [0.3, 0.4) is 0 Å². The molecule has 0 unspecified atom stereocenters. The molecule has 0 aromatic carbocycles. The summed E-state index contributed by atoms with van der Waals surface area (Å²) in [6.07, 6.45) is 0. The molecule has 0 aliphatic rings. The van der Waals surface area contributed by atoms with Crippen LogP contribution in [-0.4, -0.2) is 24.5 Å². The maximum atomic E-state index is 9.56. The van der Waals surface area contributed by atoms with Crippen LogP contribution in [0.1, 0.15) is 6.92 Å². The number of Topliss-reactive ketones (excluding diaryl/α,β-unsaturated/α-hetero) is 1. The van der Waals surface area contributed by atoms with Crippen LogP contribution in [0.15, 0.2) is 0 Å². The summed E-state index contributed by atoms with van der Waals surface area (Å²) >= 11 is 0. The van der Waals surface area contributed by atoms with Crippen molar-refractivity contribution in [1.82, 2.24) is 0 Å². The van der Waals surface area contributed by atoms with Crippen molar-refractivity contribution in [2.24, 2.45) is 5.73 Å². The second-order valence-corrected chi connectivity index (χ2v) is 0.860. The Kier molecular flexibility index (Phi) is 12.8. The molecular weight excluding hydrogens is 94.0 g/mol. The number of aliphatic hydroxyl groups is 1. The summed E-state index contributed by atoms with van der Waals surface area (Å²) < 4.78 is 0. The van der Waals surface area contributed by atoms with E-state index in [9.17, 15) is 4.79 Å². The van der Waals surface area contributed by atoms with Crippen molar-refractivity contribution in [3.63, 3.8) is 0 Å². The monoisotopic (exact) mass is 105 g/mol. The van der Waals surface area contributed by atoms with E-state index in [1.807, 2.05) is 0 Å². The summed E-state index contributed by atoms with van der Waals surface area (Å²) in [6.45, 7) is 1.000. The van der Waals surface area contributed by atoms with E-state index in [0.717, 1.165) is 0 Å². The molecule has 0 atom stereocenters. The minimum Gasteiger partial charge on any atom is -0.389 e. The van der Waals surface area contributed by atoms with E-state index in [1.54, 1.807) is 0 Å². The lowest BCUT2D eigenvalue weighted by atomic mass is 10.5. The Morgan fingerprint density at radius 3 is 1.86 bits per heavy atom. The number of aliphatic hydroxyl groups excluding tert-OH is 1. The molecule has 0 bridgehead atoms. The first-order valence-electron chi connectivity index (χ1n) is 1.95. The number of hydrogen-bond acceptors (Lipinski definition) is 3. The van der Waals surface area contributed by atoms with Crippen LogP contribution in [0.2, 0.25) is 0 Å². The quantitative estimate of drug-likeness (QED) is 0.456. The molecule has 0 aromatic heterocycles. The van der Waals surface area contributed by atoms with Crippen molar-refractivity contribution in [2.45, 2.75) is 6.92 Å². The molecule has 0 saturated carbocycles. The Balaban J connectivity index is 0. The molecule has 0 aromatic rings. The van der Waals surface area contributed by atoms with Gasteiger partial charge in [0.1, 0.15) is 6.61 Å². The summed E-state index contributed by atoms with van der Waals surface area (Å²) in [6, 6.07) is 0. The maximum absolute atomic E-state index is 9.56. The smallest absolute Gasteiger partial charge is 0.155 e. The SMILES string of the molecule is CC(=O)CO.CN. The Labute approximate surface area is 43.1 Å². The topological polar surface area (TPSA) is 63.3 Å². The van der Waals surface area contributed by atoms with Crippen LogP contribution >= 0.6 is 0 Å². The Bertz CT molecular complexity index is 45.0. The highest BCUT2D eigenvalue weighted by Crippen LogP contribution is 1.55. The Hall–Kier alpha value is -0.410. The van der Waals surface area contributed by atoms with Gasteiger partial charge < -0.3 is 10.8 Å². The van der Waals surface area contributed by atoms with Crippen LogP contribution in [-0.2, 0) is 4.79 Å². The molecule has 0 fully saturated rings. The van der Waals surface area contributed by atoms with Crippen molar-refractivity contribution in [1.29, 1.82) is 0 Å². The van der Waals surface area contributed by atoms with E-state index in [2.05, 4.69) is 5.73 Å². The lowest BCUT2D eigenvalue weighted by Gasteiger charge is -1.72. The summed E-state index contributed by atoms with van der Waals surface area (Å²) in [7, 11) is 1.50. The minimum absolute atomic E-state index is 0.190. The molecule has 3 heteroatoms. The Morgan fingerprint density at radius 1 is 1.71 bits per heavy atom. The highest BCUT2D eigenvalue weighted by atomic mass is 16.3. The molecular formula is C4H11NO2. The van der Waals surface area contributed by atoms with Crippen LogP contribution in [0.4, 0.5) is 0 Å². The number of hydrogen-bond donors (Lipinski definition) is 2. The minimum atomic E-state index is -0.333. The van der Waals surface area contributed by atoms with E-state index in [4.69, 9.17) is 5.11 Å². The van der Waals surface area contributed by atoms with Gasteiger partial charge in [-0.1, -0.05) is 0 Å². The number of rotatable bonds is 1. The summed E-state index contributed by atoms with van der Waals surface area (Å²) in [5.74, 6) is -0.190. The largest absolute Gasteiger partial charge is 0.389 e. The standard InChI is InChI=1S/C3H6O2.CH5N/c1-3(5)2-4;1-2/h4H,2H2,1H3;2H2,1H3. The van der Waals surface area contributed by atoms with Crippen LogP contribution in [0.5, 0.6) is 0 Å².